The van der Waals surface area contributed by atoms with Crippen molar-refractivity contribution in [2.45, 2.75) is 13.1 Å². The third kappa shape index (κ3) is 2.15. The molecular weight excluding hydrogens is 249 g/mol. The molecule has 0 bridgehead atoms. The van der Waals surface area contributed by atoms with Crippen molar-refractivity contribution >= 4 is 11.5 Å². The fourth-order valence-corrected chi connectivity index (χ4v) is 1.54. The average Bonchev–Trinajstić information content (AvgIpc) is 2.71. The first-order chi connectivity index (χ1) is 8.43. The molecule has 0 aliphatic carbocycles. The molecule has 0 aliphatic rings. The van der Waals surface area contributed by atoms with Crippen molar-refractivity contribution in [3.63, 3.8) is 0 Å². The number of ether oxygens (including phenoxy) is 1. The number of aromatic nitrogens is 2. The molecule has 2 heterocycles. The molecule has 0 N–H and O–H groups in total. The van der Waals surface area contributed by atoms with Crippen LogP contribution in [0.1, 0.15) is 23.1 Å². The van der Waals surface area contributed by atoms with Gasteiger partial charge in [0, 0.05) is 0 Å². The number of nitrogens with zero attached hydrogens (tertiary/aromatic N) is 2. The van der Waals surface area contributed by atoms with E-state index in [4.69, 9.17) is 0 Å². The predicted octanol–water partition coefficient (Wildman–Crippen LogP) is 2.53. The molecule has 0 amide bonds. The lowest BCUT2D eigenvalue weighted by molar-refractivity contribution is -0.142. The van der Waals surface area contributed by atoms with E-state index in [1.165, 1.54) is 18.2 Å². The highest BCUT2D eigenvalue weighted by Gasteiger charge is 2.34. The van der Waals surface area contributed by atoms with Gasteiger partial charge in [0.25, 0.3) is 0 Å². The summed E-state index contributed by atoms with van der Waals surface area (Å²) < 4.78 is 43.5. The summed E-state index contributed by atoms with van der Waals surface area (Å²) in [6, 6.07) is 4.85. The first-order valence-corrected chi connectivity index (χ1v) is 5.16. The molecule has 2 aromatic rings. The highest BCUT2D eigenvalue weighted by atomic mass is 19.4. The van der Waals surface area contributed by atoms with Crippen molar-refractivity contribution in [2.24, 2.45) is 0 Å². The highest BCUT2D eigenvalue weighted by molar-refractivity contribution is 5.88. The van der Waals surface area contributed by atoms with E-state index in [1.807, 2.05) is 0 Å². The van der Waals surface area contributed by atoms with Crippen LogP contribution in [-0.4, -0.2) is 22.2 Å². The van der Waals surface area contributed by atoms with Gasteiger partial charge < -0.3 is 4.74 Å². The van der Waals surface area contributed by atoms with Crippen molar-refractivity contribution in [2.75, 3.05) is 6.61 Å². The lowest BCUT2D eigenvalue weighted by atomic mass is 10.3. The highest BCUT2D eigenvalue weighted by Crippen LogP contribution is 2.29. The van der Waals surface area contributed by atoms with E-state index in [2.05, 4.69) is 9.84 Å². The minimum absolute atomic E-state index is 0.138. The number of hydrogen-bond donors (Lipinski definition) is 0. The molecule has 0 aromatic carbocycles. The molecule has 7 heteroatoms. The zero-order chi connectivity index (χ0) is 13.3. The number of esters is 1. The standard InChI is InChI=1S/C11H9F3N2O2/c1-2-18-10(17)8-6-7-4-3-5-9(11(12,13)14)16(7)15-8/h3-6H,2H2,1H3. The molecule has 0 saturated carbocycles. The van der Waals surface area contributed by atoms with E-state index in [-0.39, 0.29) is 17.8 Å². The van der Waals surface area contributed by atoms with Crippen LogP contribution in [0.3, 0.4) is 0 Å². The van der Waals surface area contributed by atoms with Gasteiger partial charge in [0.2, 0.25) is 0 Å². The number of alkyl halides is 3. The fourth-order valence-electron chi connectivity index (χ4n) is 1.54. The third-order valence-electron chi connectivity index (χ3n) is 2.26. The fraction of sp³-hybridized carbons (Fsp3) is 0.273. The zero-order valence-corrected chi connectivity index (χ0v) is 9.36. The monoisotopic (exact) mass is 258 g/mol. The Morgan fingerprint density at radius 3 is 2.78 bits per heavy atom. The Morgan fingerprint density at radius 2 is 2.17 bits per heavy atom. The predicted molar refractivity (Wildman–Crippen MR) is 56.2 cm³/mol. The normalized spacial score (nSPS) is 11.8. The van der Waals surface area contributed by atoms with Crippen LogP contribution in [-0.2, 0) is 10.9 Å². The minimum atomic E-state index is -4.53. The average molecular weight is 258 g/mol. The van der Waals surface area contributed by atoms with Crippen molar-refractivity contribution in [3.8, 4) is 0 Å². The molecule has 0 radical (unpaired) electrons. The summed E-state index contributed by atoms with van der Waals surface area (Å²) in [6.45, 7) is 1.74. The van der Waals surface area contributed by atoms with Crippen LogP contribution in [0.5, 0.6) is 0 Å². The number of fused-ring (bicyclic) bond motifs is 1. The molecule has 18 heavy (non-hydrogen) atoms. The van der Waals surface area contributed by atoms with Crippen LogP contribution in [0.15, 0.2) is 24.3 Å². The lowest BCUT2D eigenvalue weighted by Crippen LogP contribution is -2.13. The Morgan fingerprint density at radius 1 is 1.44 bits per heavy atom. The summed E-state index contributed by atoms with van der Waals surface area (Å²) in [7, 11) is 0. The quantitative estimate of drug-likeness (QED) is 0.777. The van der Waals surface area contributed by atoms with Gasteiger partial charge in [-0.1, -0.05) is 6.07 Å². The second-order valence-corrected chi connectivity index (χ2v) is 3.50. The van der Waals surface area contributed by atoms with Gasteiger partial charge in [0.1, 0.15) is 5.69 Å². The van der Waals surface area contributed by atoms with Crippen LogP contribution in [0, 0.1) is 0 Å². The summed E-state index contributed by atoms with van der Waals surface area (Å²) >= 11 is 0. The van der Waals surface area contributed by atoms with Gasteiger partial charge in [0.05, 0.1) is 12.1 Å². The summed E-state index contributed by atoms with van der Waals surface area (Å²) in [5.74, 6) is -0.741. The van der Waals surface area contributed by atoms with E-state index in [1.54, 1.807) is 6.92 Å². The van der Waals surface area contributed by atoms with Gasteiger partial charge >= 0.3 is 12.1 Å². The molecule has 0 saturated heterocycles. The molecule has 96 valence electrons. The van der Waals surface area contributed by atoms with Gasteiger partial charge in [-0.05, 0) is 25.1 Å². The molecular formula is C11H9F3N2O2. The van der Waals surface area contributed by atoms with Crippen LogP contribution < -0.4 is 0 Å². The molecule has 0 atom stereocenters. The van der Waals surface area contributed by atoms with Crippen LogP contribution in [0.25, 0.3) is 5.52 Å². The largest absolute Gasteiger partial charge is 0.461 e. The van der Waals surface area contributed by atoms with Crippen LogP contribution in [0.4, 0.5) is 13.2 Å². The van der Waals surface area contributed by atoms with Crippen molar-refractivity contribution < 1.29 is 22.7 Å². The maximum Gasteiger partial charge on any atom is 0.433 e. The molecule has 0 fully saturated rings. The number of halogens is 3. The Balaban J connectivity index is 2.55. The summed E-state index contributed by atoms with van der Waals surface area (Å²) in [5.41, 5.74) is -0.892. The van der Waals surface area contributed by atoms with E-state index >= 15 is 0 Å². The number of hydrogen-bond acceptors (Lipinski definition) is 3. The SMILES string of the molecule is CCOC(=O)c1cc2cccc(C(F)(F)F)n2n1. The number of rotatable bonds is 2. The van der Waals surface area contributed by atoms with E-state index < -0.39 is 17.8 Å². The Labute approximate surface area is 100.0 Å². The smallest absolute Gasteiger partial charge is 0.433 e. The second-order valence-electron chi connectivity index (χ2n) is 3.50. The Hall–Kier alpha value is -2.05. The van der Waals surface area contributed by atoms with E-state index in [9.17, 15) is 18.0 Å². The van der Waals surface area contributed by atoms with Gasteiger partial charge in [0.15, 0.2) is 5.69 Å². The topological polar surface area (TPSA) is 43.6 Å². The van der Waals surface area contributed by atoms with Crippen molar-refractivity contribution in [1.29, 1.82) is 0 Å². The maximum atomic E-state index is 12.7. The van der Waals surface area contributed by atoms with E-state index in [0.717, 1.165) is 6.07 Å². The first kappa shape index (κ1) is 12.4. The van der Waals surface area contributed by atoms with Gasteiger partial charge in [-0.15, -0.1) is 0 Å². The molecule has 2 rings (SSSR count). The molecule has 0 spiro atoms. The second kappa shape index (κ2) is 4.32. The van der Waals surface area contributed by atoms with Gasteiger partial charge in [-0.2, -0.15) is 18.3 Å². The molecule has 0 unspecified atom stereocenters. The van der Waals surface area contributed by atoms with Crippen LogP contribution in [0.2, 0.25) is 0 Å². The van der Waals surface area contributed by atoms with Crippen LogP contribution >= 0.6 is 0 Å². The lowest BCUT2D eigenvalue weighted by Gasteiger charge is -2.07. The van der Waals surface area contributed by atoms with E-state index in [0.29, 0.717) is 4.52 Å². The summed E-state index contributed by atoms with van der Waals surface area (Å²) in [5, 5.41) is 3.62. The molecule has 4 nitrogen and oxygen atoms in total. The van der Waals surface area contributed by atoms with Crippen molar-refractivity contribution in [1.82, 2.24) is 9.61 Å². The third-order valence-corrected chi connectivity index (χ3v) is 2.26. The molecule has 0 aliphatic heterocycles. The molecule has 2 aromatic heterocycles. The zero-order valence-electron chi connectivity index (χ0n) is 9.36. The summed E-state index contributed by atoms with van der Waals surface area (Å²) in [6.07, 6.45) is -4.53. The number of carbonyl (C=O) groups excluding carboxylic acids is 1. The van der Waals surface area contributed by atoms with Crippen molar-refractivity contribution in [3.05, 3.63) is 35.7 Å². The maximum absolute atomic E-state index is 12.7. The number of carbonyl (C=O) groups is 1. The number of pyridine rings is 1. The van der Waals surface area contributed by atoms with Gasteiger partial charge in [-0.3, -0.25) is 0 Å². The minimum Gasteiger partial charge on any atom is -0.461 e. The first-order valence-electron chi connectivity index (χ1n) is 5.16. The summed E-state index contributed by atoms with van der Waals surface area (Å²) in [4.78, 5) is 11.4. The van der Waals surface area contributed by atoms with Gasteiger partial charge in [-0.25, -0.2) is 9.31 Å². The Kier molecular flexibility index (Phi) is 2.98. The Bertz CT molecular complexity index is 589.